The normalized spacial score (nSPS) is 21.1. The van der Waals surface area contributed by atoms with Gasteiger partial charge in [0.15, 0.2) is 0 Å². The van der Waals surface area contributed by atoms with Gasteiger partial charge in [-0.15, -0.1) is 0 Å². The summed E-state index contributed by atoms with van der Waals surface area (Å²) >= 11 is 0. The van der Waals surface area contributed by atoms with Gasteiger partial charge in [0.2, 0.25) is 6.29 Å². The number of fused-ring (bicyclic) bond motifs is 1. The topological polar surface area (TPSA) is 146 Å². The Bertz CT molecular complexity index is 1750. The molecule has 0 aliphatic carbocycles. The fourth-order valence-corrected chi connectivity index (χ4v) is 5.48. The van der Waals surface area contributed by atoms with E-state index in [0.29, 0.717) is 22.4 Å². The highest BCUT2D eigenvalue weighted by Gasteiger charge is 2.50. The monoisotopic (exact) mass is 605 g/mol. The third kappa shape index (κ3) is 5.74. The van der Waals surface area contributed by atoms with Crippen molar-refractivity contribution < 1.29 is 43.1 Å². The van der Waals surface area contributed by atoms with Crippen molar-refractivity contribution in [3.05, 3.63) is 82.2 Å². The molecule has 0 radical (unpaired) electrons. The number of anilines is 1. The number of aryl methyl sites for hydroxylation is 1. The first-order valence-electron chi connectivity index (χ1n) is 13.9. The fourth-order valence-electron chi connectivity index (χ4n) is 5.48. The highest BCUT2D eigenvalue weighted by atomic mass is 16.7. The minimum absolute atomic E-state index is 0.0677. The summed E-state index contributed by atoms with van der Waals surface area (Å²) in [5, 5.41) is 24.4. The van der Waals surface area contributed by atoms with E-state index in [1.165, 1.54) is 20.3 Å². The molecule has 0 unspecified atom stereocenters. The second-order valence-corrected chi connectivity index (χ2v) is 11.0. The number of methoxy groups -OCH3 is 3. The van der Waals surface area contributed by atoms with Gasteiger partial charge in [-0.1, -0.05) is 24.3 Å². The van der Waals surface area contributed by atoms with Gasteiger partial charge in [-0.2, -0.15) is 0 Å². The number of ether oxygens (including phenoxy) is 5. The molecule has 1 aromatic heterocycles. The second-order valence-electron chi connectivity index (χ2n) is 11.0. The van der Waals surface area contributed by atoms with Gasteiger partial charge in [-0.25, -0.2) is 4.79 Å². The molecular weight excluding hydrogens is 570 g/mol. The number of para-hydroxylation sites is 1. The molecule has 0 bridgehead atoms. The molecule has 4 atom stereocenters. The van der Waals surface area contributed by atoms with Crippen LogP contribution in [0.25, 0.3) is 22.1 Å². The molecular formula is C33H35NO10. The molecule has 232 valence electrons. The zero-order chi connectivity index (χ0) is 31.8. The quantitative estimate of drug-likeness (QED) is 0.249. The standard InChI is InChI=1S/C33H35NO10/c1-17-23(42-32-27(36)26(35)29(41-6)33(2,3)44-32)13-12-19-16-22(31(38)43-28(17)19)34-30(37)21-15-18(11-14-25(21)40-5)20-9-7-8-10-24(20)39-4/h7-16,26-27,29,32,35-36H,1-6H3,(H,34,37)/t26-,27-,29+,32+/m0/s1. The number of carbonyl (C=O) groups excluding carboxylic acids is 1. The van der Waals surface area contributed by atoms with Crippen molar-refractivity contribution in [2.24, 2.45) is 0 Å². The number of aliphatic hydroxyl groups excluding tert-OH is 2. The van der Waals surface area contributed by atoms with E-state index in [1.807, 2.05) is 30.3 Å². The van der Waals surface area contributed by atoms with Crippen molar-refractivity contribution in [1.29, 1.82) is 0 Å². The zero-order valence-electron chi connectivity index (χ0n) is 25.2. The molecule has 44 heavy (non-hydrogen) atoms. The maximum Gasteiger partial charge on any atom is 0.360 e. The predicted molar refractivity (Wildman–Crippen MR) is 163 cm³/mol. The third-order valence-corrected chi connectivity index (χ3v) is 7.75. The first-order valence-corrected chi connectivity index (χ1v) is 13.9. The van der Waals surface area contributed by atoms with Gasteiger partial charge in [0.1, 0.15) is 46.8 Å². The van der Waals surface area contributed by atoms with E-state index in [9.17, 15) is 19.8 Å². The Kier molecular flexibility index (Phi) is 8.66. The van der Waals surface area contributed by atoms with E-state index in [0.717, 1.165) is 11.1 Å². The molecule has 11 heteroatoms. The summed E-state index contributed by atoms with van der Waals surface area (Å²) in [4.78, 5) is 26.5. The van der Waals surface area contributed by atoms with E-state index >= 15 is 0 Å². The summed E-state index contributed by atoms with van der Waals surface area (Å²) in [5.41, 5.74) is 0.596. The average Bonchev–Trinajstić information content (AvgIpc) is 3.01. The van der Waals surface area contributed by atoms with Crippen molar-refractivity contribution in [3.8, 4) is 28.4 Å². The molecule has 4 aromatic rings. The molecule has 1 aliphatic rings. The van der Waals surface area contributed by atoms with Gasteiger partial charge in [-0.3, -0.25) is 4.79 Å². The molecule has 1 saturated heterocycles. The number of aliphatic hydroxyl groups is 2. The maximum atomic E-state index is 13.4. The minimum Gasteiger partial charge on any atom is -0.496 e. The summed E-state index contributed by atoms with van der Waals surface area (Å²) in [6, 6.07) is 17.4. The van der Waals surface area contributed by atoms with Crippen LogP contribution in [-0.4, -0.2) is 67.7 Å². The van der Waals surface area contributed by atoms with Crippen LogP contribution in [0, 0.1) is 6.92 Å². The molecule has 1 amide bonds. The van der Waals surface area contributed by atoms with Gasteiger partial charge in [0, 0.05) is 23.6 Å². The van der Waals surface area contributed by atoms with Gasteiger partial charge in [0.05, 0.1) is 25.4 Å². The number of hydrogen-bond donors (Lipinski definition) is 3. The Balaban J connectivity index is 1.42. The first-order chi connectivity index (χ1) is 21.0. The van der Waals surface area contributed by atoms with Gasteiger partial charge >= 0.3 is 5.63 Å². The molecule has 11 nitrogen and oxygen atoms in total. The molecule has 2 heterocycles. The summed E-state index contributed by atoms with van der Waals surface area (Å²) in [6.07, 6.45) is -4.64. The van der Waals surface area contributed by atoms with Crippen LogP contribution in [0.4, 0.5) is 5.69 Å². The van der Waals surface area contributed by atoms with Crippen LogP contribution in [0.5, 0.6) is 17.2 Å². The van der Waals surface area contributed by atoms with Crippen LogP contribution in [0.2, 0.25) is 0 Å². The summed E-state index contributed by atoms with van der Waals surface area (Å²) in [7, 11) is 4.45. The third-order valence-electron chi connectivity index (χ3n) is 7.75. The Morgan fingerprint density at radius 2 is 1.61 bits per heavy atom. The van der Waals surface area contributed by atoms with E-state index in [-0.39, 0.29) is 22.6 Å². The summed E-state index contributed by atoms with van der Waals surface area (Å²) in [6.45, 7) is 5.12. The van der Waals surface area contributed by atoms with Crippen LogP contribution in [0.3, 0.4) is 0 Å². The van der Waals surface area contributed by atoms with Crippen molar-refractivity contribution >= 4 is 22.6 Å². The van der Waals surface area contributed by atoms with Crippen molar-refractivity contribution in [3.63, 3.8) is 0 Å². The zero-order valence-corrected chi connectivity index (χ0v) is 25.2. The molecule has 0 saturated carbocycles. The number of nitrogens with one attached hydrogen (secondary N) is 1. The van der Waals surface area contributed by atoms with Crippen molar-refractivity contribution in [2.75, 3.05) is 26.6 Å². The molecule has 1 aliphatic heterocycles. The summed E-state index contributed by atoms with van der Waals surface area (Å²) in [5.74, 6) is 0.668. The van der Waals surface area contributed by atoms with Crippen LogP contribution < -0.4 is 25.2 Å². The van der Waals surface area contributed by atoms with Crippen LogP contribution in [0.1, 0.15) is 29.8 Å². The maximum absolute atomic E-state index is 13.4. The average molecular weight is 606 g/mol. The SMILES string of the molecule is COc1ccc(-c2ccccc2OC)cc1C(=O)Nc1cc2ccc(O[C@@H]3OC(C)(C)[C@H](OC)[C@@H](O)[C@@H]3O)c(C)c2oc1=O. The number of amides is 1. The number of hydrogen-bond acceptors (Lipinski definition) is 10. The van der Waals surface area contributed by atoms with Crippen LogP contribution in [0.15, 0.2) is 69.9 Å². The molecule has 3 aromatic carbocycles. The molecule has 5 rings (SSSR count). The summed E-state index contributed by atoms with van der Waals surface area (Å²) < 4.78 is 33.7. The fraction of sp³-hybridized carbons (Fsp3) is 0.333. The lowest BCUT2D eigenvalue weighted by atomic mass is 9.89. The van der Waals surface area contributed by atoms with Crippen LogP contribution in [-0.2, 0) is 9.47 Å². The number of carbonyl (C=O) groups is 1. The molecule has 1 fully saturated rings. The highest BCUT2D eigenvalue weighted by Crippen LogP contribution is 2.36. The van der Waals surface area contributed by atoms with E-state index in [2.05, 4.69) is 5.32 Å². The largest absolute Gasteiger partial charge is 0.496 e. The van der Waals surface area contributed by atoms with Gasteiger partial charge in [0.25, 0.3) is 5.91 Å². The Morgan fingerprint density at radius 3 is 2.32 bits per heavy atom. The number of rotatable bonds is 8. The number of benzene rings is 3. The van der Waals surface area contributed by atoms with E-state index in [4.69, 9.17) is 28.1 Å². The highest BCUT2D eigenvalue weighted by molar-refractivity contribution is 6.07. The van der Waals surface area contributed by atoms with Gasteiger partial charge < -0.3 is 43.6 Å². The van der Waals surface area contributed by atoms with E-state index < -0.39 is 41.7 Å². The Hall–Kier alpha value is -4.42. The van der Waals surface area contributed by atoms with Crippen molar-refractivity contribution in [2.45, 2.75) is 51.0 Å². The second kappa shape index (κ2) is 12.3. The Labute approximate surface area is 253 Å². The molecule has 0 spiro atoms. The van der Waals surface area contributed by atoms with Crippen LogP contribution >= 0.6 is 0 Å². The lowest BCUT2D eigenvalue weighted by Gasteiger charge is -2.46. The van der Waals surface area contributed by atoms with E-state index in [1.54, 1.807) is 52.1 Å². The smallest absolute Gasteiger partial charge is 0.360 e. The lowest BCUT2D eigenvalue weighted by Crippen LogP contribution is -2.63. The Morgan fingerprint density at radius 1 is 0.909 bits per heavy atom. The minimum atomic E-state index is -1.40. The molecule has 3 N–H and O–H groups in total. The predicted octanol–water partition coefficient (Wildman–Crippen LogP) is 4.29. The van der Waals surface area contributed by atoms with Crippen molar-refractivity contribution in [1.82, 2.24) is 0 Å². The van der Waals surface area contributed by atoms with Gasteiger partial charge in [-0.05, 0) is 62.7 Å². The first kappa shape index (κ1) is 31.0. The lowest BCUT2D eigenvalue weighted by molar-refractivity contribution is -0.306.